The zero-order chi connectivity index (χ0) is 15.6. The van der Waals surface area contributed by atoms with E-state index in [9.17, 15) is 4.79 Å². The highest BCUT2D eigenvalue weighted by Gasteiger charge is 2.22. The highest BCUT2D eigenvalue weighted by molar-refractivity contribution is 9.10. The van der Waals surface area contributed by atoms with Crippen LogP contribution in [-0.2, 0) is 11.2 Å². The maximum absolute atomic E-state index is 12.0. The molecule has 5 heteroatoms. The smallest absolute Gasteiger partial charge is 0.265 e. The van der Waals surface area contributed by atoms with E-state index in [1.807, 2.05) is 12.1 Å². The highest BCUT2D eigenvalue weighted by atomic mass is 79.9. The minimum atomic E-state index is -0.171. The van der Waals surface area contributed by atoms with Gasteiger partial charge in [0.1, 0.15) is 10.3 Å². The van der Waals surface area contributed by atoms with Crippen LogP contribution in [0.3, 0.4) is 0 Å². The molecule has 0 unspecified atom stereocenters. The molecule has 1 aromatic heterocycles. The third kappa shape index (κ3) is 3.98. The van der Waals surface area contributed by atoms with E-state index in [0.29, 0.717) is 16.0 Å². The molecule has 112 valence electrons. The second kappa shape index (κ2) is 6.36. The summed E-state index contributed by atoms with van der Waals surface area (Å²) in [6.45, 7) is 8.24. The Kier molecular flexibility index (Phi) is 4.94. The molecule has 1 heterocycles. The lowest BCUT2D eigenvalue weighted by atomic mass is 9.92. The van der Waals surface area contributed by atoms with E-state index in [-0.39, 0.29) is 11.0 Å². The minimum Gasteiger partial charge on any atom is -0.309 e. The van der Waals surface area contributed by atoms with Gasteiger partial charge >= 0.3 is 0 Å². The third-order valence-corrected chi connectivity index (χ3v) is 5.00. The minimum absolute atomic E-state index is 0.115. The van der Waals surface area contributed by atoms with Crippen LogP contribution in [-0.4, -0.2) is 9.97 Å². The normalized spacial score (nSPS) is 11.7. The van der Waals surface area contributed by atoms with E-state index >= 15 is 0 Å². The molecule has 21 heavy (non-hydrogen) atoms. The predicted octanol–water partition coefficient (Wildman–Crippen LogP) is 4.43. The van der Waals surface area contributed by atoms with E-state index in [1.165, 1.54) is 10.5 Å². The van der Waals surface area contributed by atoms with Crippen LogP contribution in [0.1, 0.15) is 37.9 Å². The summed E-state index contributed by atoms with van der Waals surface area (Å²) in [6, 6.07) is 8.22. The fourth-order valence-corrected chi connectivity index (χ4v) is 3.62. The monoisotopic (exact) mass is 366 g/mol. The molecule has 1 aromatic carbocycles. The quantitative estimate of drug-likeness (QED) is 0.817. The van der Waals surface area contributed by atoms with Gasteiger partial charge in [-0.1, -0.05) is 39.0 Å². The lowest BCUT2D eigenvalue weighted by Gasteiger charge is -2.19. The van der Waals surface area contributed by atoms with Gasteiger partial charge in [-0.05, 0) is 34.5 Å². The van der Waals surface area contributed by atoms with Gasteiger partial charge in [0.25, 0.3) is 5.56 Å². The molecule has 0 bridgehead atoms. The Morgan fingerprint density at radius 1 is 1.29 bits per heavy atom. The number of benzene rings is 1. The number of H-pyrrole nitrogens is 1. The fourth-order valence-electron chi connectivity index (χ4n) is 1.94. The zero-order valence-corrected chi connectivity index (χ0v) is 15.1. The van der Waals surface area contributed by atoms with E-state index in [2.05, 4.69) is 65.7 Å². The van der Waals surface area contributed by atoms with Crippen molar-refractivity contribution in [2.75, 3.05) is 0 Å². The van der Waals surface area contributed by atoms with Gasteiger partial charge in [-0.3, -0.25) is 4.79 Å². The molecule has 0 radical (unpaired) electrons. The maximum atomic E-state index is 12.0. The molecule has 0 saturated heterocycles. The number of aryl methyl sites for hydroxylation is 1. The van der Waals surface area contributed by atoms with Crippen LogP contribution in [0.5, 0.6) is 0 Å². The van der Waals surface area contributed by atoms with Crippen LogP contribution in [0.4, 0.5) is 0 Å². The van der Waals surface area contributed by atoms with Crippen LogP contribution in [0.15, 0.2) is 38.4 Å². The number of nitrogens with one attached hydrogen (secondary N) is 1. The van der Waals surface area contributed by atoms with Gasteiger partial charge in [-0.2, -0.15) is 0 Å². The number of aromatic amines is 1. The Labute approximate surface area is 137 Å². The van der Waals surface area contributed by atoms with Crippen molar-refractivity contribution in [2.24, 2.45) is 0 Å². The molecule has 0 saturated carbocycles. The summed E-state index contributed by atoms with van der Waals surface area (Å²) < 4.78 is 0.527. The summed E-state index contributed by atoms with van der Waals surface area (Å²) in [4.78, 5) is 20.7. The van der Waals surface area contributed by atoms with Crippen molar-refractivity contribution >= 4 is 27.7 Å². The van der Waals surface area contributed by atoms with E-state index < -0.39 is 0 Å². The molecular weight excluding hydrogens is 348 g/mol. The van der Waals surface area contributed by atoms with Crippen LogP contribution in [0.2, 0.25) is 0 Å². The van der Waals surface area contributed by atoms with Crippen LogP contribution < -0.4 is 5.56 Å². The first-order valence-electron chi connectivity index (χ1n) is 6.76. The van der Waals surface area contributed by atoms with Crippen molar-refractivity contribution in [1.29, 1.82) is 0 Å². The fraction of sp³-hybridized carbons (Fsp3) is 0.375. The number of halogens is 1. The Morgan fingerprint density at radius 3 is 2.57 bits per heavy atom. The molecule has 0 aliphatic rings. The first-order chi connectivity index (χ1) is 9.79. The highest BCUT2D eigenvalue weighted by Crippen LogP contribution is 2.28. The number of thioether (sulfide) groups is 1. The molecule has 2 rings (SSSR count). The lowest BCUT2D eigenvalue weighted by Crippen LogP contribution is -2.23. The predicted molar refractivity (Wildman–Crippen MR) is 92.0 cm³/mol. The van der Waals surface area contributed by atoms with E-state index in [4.69, 9.17) is 0 Å². The molecule has 0 fully saturated rings. The topological polar surface area (TPSA) is 45.8 Å². The SMILES string of the molecule is Cc1ccccc1SCc1nc(C(C)(C)C)c(Br)c(=O)[nH]1. The standard InChI is InChI=1S/C16H19BrN2OS/c1-10-7-5-6-8-11(10)21-9-12-18-14(16(2,3)4)13(17)15(20)19-12/h5-8H,9H2,1-4H3,(H,18,19,20). The van der Waals surface area contributed by atoms with Crippen molar-refractivity contribution in [2.45, 2.75) is 43.8 Å². The van der Waals surface area contributed by atoms with Crippen molar-refractivity contribution in [1.82, 2.24) is 9.97 Å². The number of aromatic nitrogens is 2. The summed E-state index contributed by atoms with van der Waals surface area (Å²) in [5.74, 6) is 1.36. The summed E-state index contributed by atoms with van der Waals surface area (Å²) in [5, 5.41) is 0. The Balaban J connectivity index is 2.28. The van der Waals surface area contributed by atoms with Crippen molar-refractivity contribution in [3.8, 4) is 0 Å². The third-order valence-electron chi connectivity index (χ3n) is 3.08. The molecule has 0 aliphatic heterocycles. The molecule has 0 spiro atoms. The Hall–Kier alpha value is -1.07. The molecule has 2 aromatic rings. The van der Waals surface area contributed by atoms with Crippen LogP contribution >= 0.6 is 27.7 Å². The summed E-state index contributed by atoms with van der Waals surface area (Å²) >= 11 is 5.03. The lowest BCUT2D eigenvalue weighted by molar-refractivity contribution is 0.558. The number of rotatable bonds is 3. The summed E-state index contributed by atoms with van der Waals surface area (Å²) in [5.41, 5.74) is 1.75. The second-order valence-corrected chi connectivity index (χ2v) is 7.79. The summed E-state index contributed by atoms with van der Waals surface area (Å²) in [6.07, 6.45) is 0. The molecule has 3 nitrogen and oxygen atoms in total. The maximum Gasteiger partial charge on any atom is 0.265 e. The zero-order valence-electron chi connectivity index (χ0n) is 12.7. The molecule has 0 atom stereocenters. The largest absolute Gasteiger partial charge is 0.309 e. The Morgan fingerprint density at radius 2 is 1.95 bits per heavy atom. The molecule has 1 N–H and O–H groups in total. The Bertz CT molecular complexity index is 704. The average molecular weight is 367 g/mol. The van der Waals surface area contributed by atoms with Crippen molar-refractivity contribution < 1.29 is 0 Å². The van der Waals surface area contributed by atoms with Gasteiger partial charge in [0.15, 0.2) is 0 Å². The van der Waals surface area contributed by atoms with Gasteiger partial charge in [0.05, 0.1) is 11.4 Å². The average Bonchev–Trinajstić information content (AvgIpc) is 2.40. The molecule has 0 amide bonds. The van der Waals surface area contributed by atoms with Crippen LogP contribution in [0.25, 0.3) is 0 Å². The number of hydrogen-bond donors (Lipinski definition) is 1. The van der Waals surface area contributed by atoms with Gasteiger partial charge in [0, 0.05) is 10.3 Å². The summed E-state index contributed by atoms with van der Waals surface area (Å²) in [7, 11) is 0. The number of nitrogens with zero attached hydrogens (tertiary/aromatic N) is 1. The van der Waals surface area contributed by atoms with E-state index in [0.717, 1.165) is 5.69 Å². The van der Waals surface area contributed by atoms with Gasteiger partial charge in [-0.15, -0.1) is 11.8 Å². The molecular formula is C16H19BrN2OS. The number of hydrogen-bond acceptors (Lipinski definition) is 3. The van der Waals surface area contributed by atoms with Crippen LogP contribution in [0, 0.1) is 6.92 Å². The van der Waals surface area contributed by atoms with Gasteiger partial charge in [-0.25, -0.2) is 4.98 Å². The first-order valence-corrected chi connectivity index (χ1v) is 8.54. The van der Waals surface area contributed by atoms with E-state index in [1.54, 1.807) is 11.8 Å². The molecule has 0 aliphatic carbocycles. The second-order valence-electron chi connectivity index (χ2n) is 5.98. The van der Waals surface area contributed by atoms with Gasteiger partial charge in [0.2, 0.25) is 0 Å². The van der Waals surface area contributed by atoms with Crippen molar-refractivity contribution in [3.63, 3.8) is 0 Å². The van der Waals surface area contributed by atoms with Crippen molar-refractivity contribution in [3.05, 3.63) is 56.2 Å². The first kappa shape index (κ1) is 16.3. The van der Waals surface area contributed by atoms with Gasteiger partial charge < -0.3 is 4.98 Å².